The number of carbonyl (C=O) groups is 2. The lowest BCUT2D eigenvalue weighted by molar-refractivity contribution is -0.140. The third-order valence-electron chi connectivity index (χ3n) is 4.91. The van der Waals surface area contributed by atoms with Crippen molar-refractivity contribution in [2.45, 2.75) is 52.4 Å². The molecule has 0 spiro atoms. The maximum atomic E-state index is 10.8. The summed E-state index contributed by atoms with van der Waals surface area (Å²) in [6.45, 7) is 3.67. The Morgan fingerprint density at radius 2 is 1.34 bits per heavy atom. The predicted octanol–water partition coefficient (Wildman–Crippen LogP) is 4.53. The fraction of sp³-hybridized carbons (Fsp3) is 0.583. The molecule has 0 aromatic carbocycles. The highest BCUT2D eigenvalue weighted by atomic mass is 16.5. The van der Waals surface area contributed by atoms with E-state index in [1.807, 2.05) is 18.2 Å². The van der Waals surface area contributed by atoms with Crippen LogP contribution in [-0.4, -0.2) is 36.9 Å². The summed E-state index contributed by atoms with van der Waals surface area (Å²) in [4.78, 5) is 21.4. The average Bonchev–Trinajstić information content (AvgIpc) is 3.07. The highest BCUT2D eigenvalue weighted by Gasteiger charge is 2.30. The number of rotatable bonds is 13. The van der Waals surface area contributed by atoms with E-state index in [1.54, 1.807) is 0 Å². The smallest absolute Gasteiger partial charge is 0.302 e. The van der Waals surface area contributed by atoms with Crippen LogP contribution in [0.2, 0.25) is 0 Å². The Labute approximate surface area is 175 Å². The van der Waals surface area contributed by atoms with E-state index in [0.717, 1.165) is 38.5 Å². The minimum absolute atomic E-state index is 0.199. The maximum absolute atomic E-state index is 10.8. The molecule has 0 aliphatic heterocycles. The molecular formula is C24H36O5. The van der Waals surface area contributed by atoms with Crippen molar-refractivity contribution >= 4 is 11.9 Å². The molecule has 1 saturated carbocycles. The molecule has 5 nitrogen and oxygen atoms in total. The number of carbonyl (C=O) groups excluding carboxylic acids is 2. The van der Waals surface area contributed by atoms with Crippen molar-refractivity contribution in [2.24, 2.45) is 17.8 Å². The first-order valence-corrected chi connectivity index (χ1v) is 10.5. The summed E-state index contributed by atoms with van der Waals surface area (Å²) in [6.07, 6.45) is 22.8. The Kier molecular flexibility index (Phi) is 13.5. The van der Waals surface area contributed by atoms with E-state index in [1.165, 1.54) is 13.8 Å². The molecule has 0 saturated heterocycles. The van der Waals surface area contributed by atoms with Crippen molar-refractivity contribution in [3.05, 3.63) is 48.6 Å². The number of aliphatic hydroxyl groups is 1. The summed E-state index contributed by atoms with van der Waals surface area (Å²) >= 11 is 0. The van der Waals surface area contributed by atoms with Gasteiger partial charge < -0.3 is 14.6 Å². The molecule has 0 aromatic heterocycles. The molecule has 3 unspecified atom stereocenters. The molecule has 1 aliphatic carbocycles. The SMILES string of the molecule is CC(=O)OCC=CCCC=CCCC=CC1CC(C=CCOC(C)=O)C(CO)C1. The largest absolute Gasteiger partial charge is 0.462 e. The Bertz CT molecular complexity index is 588. The van der Waals surface area contributed by atoms with Crippen molar-refractivity contribution in [1.82, 2.24) is 0 Å². The average molecular weight is 405 g/mol. The summed E-state index contributed by atoms with van der Waals surface area (Å²) in [5.74, 6) is 0.608. The van der Waals surface area contributed by atoms with Crippen LogP contribution in [0.25, 0.3) is 0 Å². The first-order chi connectivity index (χ1) is 14.0. The van der Waals surface area contributed by atoms with Crippen molar-refractivity contribution in [3.63, 3.8) is 0 Å². The van der Waals surface area contributed by atoms with Gasteiger partial charge in [-0.1, -0.05) is 48.6 Å². The van der Waals surface area contributed by atoms with E-state index in [9.17, 15) is 14.7 Å². The Morgan fingerprint density at radius 1 is 0.793 bits per heavy atom. The first kappa shape index (κ1) is 24.9. The zero-order valence-electron chi connectivity index (χ0n) is 17.8. The molecule has 0 heterocycles. The highest BCUT2D eigenvalue weighted by molar-refractivity contribution is 5.66. The molecule has 29 heavy (non-hydrogen) atoms. The van der Waals surface area contributed by atoms with E-state index >= 15 is 0 Å². The van der Waals surface area contributed by atoms with Gasteiger partial charge in [0.25, 0.3) is 0 Å². The molecule has 1 rings (SSSR count). The van der Waals surface area contributed by atoms with Crippen LogP contribution in [-0.2, 0) is 19.1 Å². The minimum Gasteiger partial charge on any atom is -0.462 e. The zero-order chi connectivity index (χ0) is 21.3. The van der Waals surface area contributed by atoms with Crippen LogP contribution in [0.5, 0.6) is 0 Å². The predicted molar refractivity (Wildman–Crippen MR) is 115 cm³/mol. The second-order valence-electron chi connectivity index (χ2n) is 7.40. The Balaban J connectivity index is 2.17. The van der Waals surface area contributed by atoms with E-state index in [2.05, 4.69) is 30.4 Å². The van der Waals surface area contributed by atoms with Crippen molar-refractivity contribution in [1.29, 1.82) is 0 Å². The number of ether oxygens (including phenoxy) is 2. The molecule has 5 heteroatoms. The Hall–Kier alpha value is -2.14. The van der Waals surface area contributed by atoms with Crippen LogP contribution in [0.15, 0.2) is 48.6 Å². The number of hydrogen-bond donors (Lipinski definition) is 1. The van der Waals surface area contributed by atoms with Crippen LogP contribution in [0, 0.1) is 17.8 Å². The first-order valence-electron chi connectivity index (χ1n) is 10.5. The number of esters is 2. The van der Waals surface area contributed by atoms with E-state index in [0.29, 0.717) is 25.0 Å². The van der Waals surface area contributed by atoms with Gasteiger partial charge in [-0.15, -0.1) is 0 Å². The monoisotopic (exact) mass is 404 g/mol. The molecule has 0 radical (unpaired) electrons. The third-order valence-corrected chi connectivity index (χ3v) is 4.91. The number of allylic oxidation sites excluding steroid dienone is 6. The fourth-order valence-corrected chi connectivity index (χ4v) is 3.46. The van der Waals surface area contributed by atoms with Crippen LogP contribution in [0.4, 0.5) is 0 Å². The van der Waals surface area contributed by atoms with Gasteiger partial charge in [-0.2, -0.15) is 0 Å². The van der Waals surface area contributed by atoms with Gasteiger partial charge in [-0.25, -0.2) is 0 Å². The molecule has 1 N–H and O–H groups in total. The Morgan fingerprint density at radius 3 is 1.93 bits per heavy atom. The van der Waals surface area contributed by atoms with Gasteiger partial charge in [0.05, 0.1) is 0 Å². The fourth-order valence-electron chi connectivity index (χ4n) is 3.46. The van der Waals surface area contributed by atoms with Gasteiger partial charge in [0, 0.05) is 20.5 Å². The lowest BCUT2D eigenvalue weighted by Crippen LogP contribution is -2.10. The molecule has 1 fully saturated rings. The molecular weight excluding hydrogens is 368 g/mol. The van der Waals surface area contributed by atoms with Gasteiger partial charge in [0.2, 0.25) is 0 Å². The summed E-state index contributed by atoms with van der Waals surface area (Å²) in [5.41, 5.74) is 0. The molecule has 0 bridgehead atoms. The number of hydrogen-bond acceptors (Lipinski definition) is 5. The van der Waals surface area contributed by atoms with Gasteiger partial charge in [-0.05, 0) is 56.3 Å². The summed E-state index contributed by atoms with van der Waals surface area (Å²) < 4.78 is 9.74. The second-order valence-corrected chi connectivity index (χ2v) is 7.40. The van der Waals surface area contributed by atoms with Gasteiger partial charge in [-0.3, -0.25) is 9.59 Å². The normalized spacial score (nSPS) is 22.4. The minimum atomic E-state index is -0.273. The van der Waals surface area contributed by atoms with Gasteiger partial charge >= 0.3 is 11.9 Å². The van der Waals surface area contributed by atoms with Gasteiger partial charge in [0.1, 0.15) is 13.2 Å². The van der Waals surface area contributed by atoms with Crippen molar-refractivity contribution in [2.75, 3.05) is 19.8 Å². The van der Waals surface area contributed by atoms with Crippen molar-refractivity contribution in [3.8, 4) is 0 Å². The summed E-state index contributed by atoms with van der Waals surface area (Å²) in [7, 11) is 0. The highest BCUT2D eigenvalue weighted by Crippen LogP contribution is 2.37. The van der Waals surface area contributed by atoms with Crippen LogP contribution >= 0.6 is 0 Å². The lowest BCUT2D eigenvalue weighted by Gasteiger charge is -2.12. The van der Waals surface area contributed by atoms with E-state index in [-0.39, 0.29) is 24.5 Å². The standard InChI is InChI=1S/C24H36O5/c1-20(26)28-15-11-9-7-5-3-4-6-8-10-13-22-17-23(24(18-22)19-25)14-12-16-29-21(2)27/h3-4,9-14,22-25H,5-8,15-19H2,1-2H3. The summed E-state index contributed by atoms with van der Waals surface area (Å²) in [5, 5.41) is 9.60. The van der Waals surface area contributed by atoms with Crippen LogP contribution < -0.4 is 0 Å². The lowest BCUT2D eigenvalue weighted by atomic mass is 9.97. The van der Waals surface area contributed by atoms with Gasteiger partial charge in [0.15, 0.2) is 0 Å². The van der Waals surface area contributed by atoms with Crippen molar-refractivity contribution < 1.29 is 24.2 Å². The summed E-state index contributed by atoms with van der Waals surface area (Å²) in [6, 6.07) is 0. The molecule has 1 aliphatic rings. The van der Waals surface area contributed by atoms with E-state index < -0.39 is 0 Å². The second kappa shape index (κ2) is 15.7. The van der Waals surface area contributed by atoms with Crippen LogP contribution in [0.3, 0.4) is 0 Å². The zero-order valence-corrected chi connectivity index (χ0v) is 17.8. The topological polar surface area (TPSA) is 72.8 Å². The number of unbranched alkanes of at least 4 members (excludes halogenated alkanes) is 2. The molecule has 3 atom stereocenters. The molecule has 0 amide bonds. The molecule has 162 valence electrons. The third kappa shape index (κ3) is 12.8. The van der Waals surface area contributed by atoms with E-state index in [4.69, 9.17) is 9.47 Å². The quantitative estimate of drug-likeness (QED) is 0.277. The number of aliphatic hydroxyl groups excluding tert-OH is 1. The maximum Gasteiger partial charge on any atom is 0.302 e. The van der Waals surface area contributed by atoms with Crippen LogP contribution in [0.1, 0.15) is 52.4 Å². The molecule has 0 aromatic rings.